The maximum atomic E-state index is 12.7. The van der Waals surface area contributed by atoms with Gasteiger partial charge in [-0.05, 0) is 37.7 Å². The predicted molar refractivity (Wildman–Crippen MR) is 94.1 cm³/mol. The third-order valence-electron chi connectivity index (χ3n) is 5.47. The van der Waals surface area contributed by atoms with Gasteiger partial charge in [0.25, 0.3) is 5.91 Å². The van der Waals surface area contributed by atoms with Gasteiger partial charge in [0.1, 0.15) is 11.4 Å². The maximum absolute atomic E-state index is 12.7. The van der Waals surface area contributed by atoms with E-state index >= 15 is 0 Å². The predicted octanol–water partition coefficient (Wildman–Crippen LogP) is 1.84. The first-order valence-corrected chi connectivity index (χ1v) is 9.23. The number of nitrogens with one attached hydrogen (secondary N) is 1. The van der Waals surface area contributed by atoms with Crippen molar-refractivity contribution in [2.24, 2.45) is 11.7 Å². The smallest absolute Gasteiger partial charge is 0.253 e. The first kappa shape index (κ1) is 17.0. The molecule has 0 radical (unpaired) electrons. The van der Waals surface area contributed by atoms with Gasteiger partial charge in [0, 0.05) is 12.3 Å². The molecule has 2 saturated carbocycles. The molecule has 8 nitrogen and oxygen atoms in total. The number of nitrogens with zero attached hydrogens (tertiary/aromatic N) is 4. The van der Waals surface area contributed by atoms with Crippen molar-refractivity contribution in [1.82, 2.24) is 25.3 Å². The highest BCUT2D eigenvalue weighted by atomic mass is 16.3. The van der Waals surface area contributed by atoms with E-state index in [0.29, 0.717) is 11.5 Å². The molecule has 4 N–H and O–H groups in total. The second-order valence-corrected chi connectivity index (χ2v) is 7.45. The highest BCUT2D eigenvalue weighted by Crippen LogP contribution is 2.38. The van der Waals surface area contributed by atoms with Crippen molar-refractivity contribution in [3.05, 3.63) is 35.8 Å². The minimum Gasteiger partial charge on any atom is -0.493 e. The van der Waals surface area contributed by atoms with Crippen LogP contribution in [0.15, 0.2) is 24.5 Å². The Bertz CT molecular complexity index is 777. The number of aromatic nitrogens is 4. The van der Waals surface area contributed by atoms with Crippen molar-refractivity contribution in [2.75, 3.05) is 0 Å². The van der Waals surface area contributed by atoms with Gasteiger partial charge in [-0.3, -0.25) is 4.79 Å². The van der Waals surface area contributed by atoms with Crippen molar-refractivity contribution in [3.63, 3.8) is 0 Å². The lowest BCUT2D eigenvalue weighted by Gasteiger charge is -2.29. The molecule has 26 heavy (non-hydrogen) atoms. The first-order chi connectivity index (χ1) is 12.5. The summed E-state index contributed by atoms with van der Waals surface area (Å²) in [5.74, 6) is -0.00152. The molecule has 0 aromatic carbocycles. The van der Waals surface area contributed by atoms with Gasteiger partial charge in [0.15, 0.2) is 0 Å². The van der Waals surface area contributed by atoms with Gasteiger partial charge >= 0.3 is 0 Å². The van der Waals surface area contributed by atoms with Gasteiger partial charge in [0.05, 0.1) is 17.8 Å². The molecule has 0 unspecified atom stereocenters. The Hall–Kier alpha value is -2.48. The quantitative estimate of drug-likeness (QED) is 0.752. The fourth-order valence-corrected chi connectivity index (χ4v) is 3.64. The van der Waals surface area contributed by atoms with Crippen LogP contribution >= 0.6 is 0 Å². The molecule has 2 fully saturated rings. The number of pyridine rings is 1. The van der Waals surface area contributed by atoms with E-state index in [4.69, 9.17) is 5.73 Å². The van der Waals surface area contributed by atoms with Crippen molar-refractivity contribution < 1.29 is 9.90 Å². The lowest BCUT2D eigenvalue weighted by Crippen LogP contribution is -2.35. The molecule has 8 heteroatoms. The highest BCUT2D eigenvalue weighted by Gasteiger charge is 2.42. The van der Waals surface area contributed by atoms with Crippen LogP contribution in [0.2, 0.25) is 0 Å². The van der Waals surface area contributed by atoms with Crippen LogP contribution in [-0.2, 0) is 5.66 Å². The largest absolute Gasteiger partial charge is 0.493 e. The monoisotopic (exact) mass is 356 g/mol. The van der Waals surface area contributed by atoms with Crippen LogP contribution in [0, 0.1) is 5.92 Å². The van der Waals surface area contributed by atoms with Gasteiger partial charge in [-0.15, -0.1) is 5.10 Å². The molecule has 4 rings (SSSR count). The molecule has 0 aliphatic heterocycles. The summed E-state index contributed by atoms with van der Waals surface area (Å²) in [5, 5.41) is 20.9. The van der Waals surface area contributed by atoms with Crippen molar-refractivity contribution >= 4 is 5.91 Å². The van der Waals surface area contributed by atoms with Gasteiger partial charge in [-0.1, -0.05) is 24.5 Å². The van der Waals surface area contributed by atoms with Crippen LogP contribution < -0.4 is 11.1 Å². The zero-order valence-corrected chi connectivity index (χ0v) is 14.6. The van der Waals surface area contributed by atoms with Crippen molar-refractivity contribution in [2.45, 2.75) is 56.7 Å². The topological polar surface area (TPSA) is 119 Å². The minimum atomic E-state index is -0.409. The molecule has 2 heterocycles. The number of nitrogens with two attached hydrogens (primary N) is 1. The van der Waals surface area contributed by atoms with E-state index in [2.05, 4.69) is 20.6 Å². The molecule has 2 aliphatic rings. The molecular weight excluding hydrogens is 332 g/mol. The number of carbonyl (C=O) groups excluding carboxylic acids is 1. The van der Waals surface area contributed by atoms with Crippen molar-refractivity contribution in [3.8, 4) is 5.88 Å². The molecule has 138 valence electrons. The molecule has 2 aliphatic carbocycles. The molecule has 1 amide bonds. The lowest BCUT2D eigenvalue weighted by atomic mass is 9.82. The number of amides is 1. The van der Waals surface area contributed by atoms with Gasteiger partial charge in [-0.25, -0.2) is 9.67 Å². The third-order valence-corrected chi connectivity index (χ3v) is 5.47. The Morgan fingerprint density at radius 1 is 1.31 bits per heavy atom. The summed E-state index contributed by atoms with van der Waals surface area (Å²) in [4.78, 5) is 16.5. The van der Waals surface area contributed by atoms with E-state index in [9.17, 15) is 9.90 Å². The summed E-state index contributed by atoms with van der Waals surface area (Å²) in [5.41, 5.74) is 6.97. The average molecular weight is 356 g/mol. The number of hydrogen-bond acceptors (Lipinski definition) is 6. The second-order valence-electron chi connectivity index (χ2n) is 7.45. The molecule has 0 spiro atoms. The van der Waals surface area contributed by atoms with E-state index in [1.165, 1.54) is 18.7 Å². The summed E-state index contributed by atoms with van der Waals surface area (Å²) >= 11 is 0. The van der Waals surface area contributed by atoms with Crippen LogP contribution in [0.5, 0.6) is 5.88 Å². The Kier molecular flexibility index (Phi) is 4.36. The Morgan fingerprint density at radius 2 is 2.08 bits per heavy atom. The van der Waals surface area contributed by atoms with Gasteiger partial charge in [0.2, 0.25) is 5.88 Å². The van der Waals surface area contributed by atoms with E-state index in [1.54, 1.807) is 10.7 Å². The minimum absolute atomic E-state index is 0.106. The van der Waals surface area contributed by atoms with Crippen molar-refractivity contribution in [1.29, 1.82) is 0 Å². The molecular formula is C18H24N6O2. The maximum Gasteiger partial charge on any atom is 0.253 e. The Balaban J connectivity index is 1.57. The molecule has 2 aromatic heterocycles. The Labute approximate surface area is 151 Å². The van der Waals surface area contributed by atoms with E-state index in [1.807, 2.05) is 6.20 Å². The number of carbonyl (C=O) groups is 1. The fourth-order valence-electron chi connectivity index (χ4n) is 3.64. The highest BCUT2D eigenvalue weighted by molar-refractivity contribution is 5.94. The standard InChI is InChI=1S/C18H24N6O2/c19-18(8-9-18)24-11-14(22-23-24)16(12-4-2-1-3-5-12)21-17(26)13-6-7-15(25)20-10-13/h6-7,10-12,16H,1-5,8-9,19H2,(H,20,25)(H,21,26)/t16-/m0/s1. The average Bonchev–Trinajstić information content (AvgIpc) is 3.21. The van der Waals surface area contributed by atoms with E-state index in [0.717, 1.165) is 44.2 Å². The zero-order chi connectivity index (χ0) is 18.1. The SMILES string of the molecule is NC1(n2cc([C@@H](NC(=O)c3ccc(O)nc3)C3CCCCC3)nn2)CC1. The summed E-state index contributed by atoms with van der Waals surface area (Å²) in [6, 6.07) is 2.77. The number of rotatable bonds is 5. The third kappa shape index (κ3) is 3.41. The molecule has 1 atom stereocenters. The summed E-state index contributed by atoms with van der Waals surface area (Å²) in [6.07, 6.45) is 10.7. The second kappa shape index (κ2) is 6.68. The van der Waals surface area contributed by atoms with E-state index in [-0.39, 0.29) is 17.8 Å². The molecule has 0 saturated heterocycles. The first-order valence-electron chi connectivity index (χ1n) is 9.23. The van der Waals surface area contributed by atoms with Crippen LogP contribution in [0.1, 0.15) is 67.0 Å². The van der Waals surface area contributed by atoms with Crippen LogP contribution in [-0.4, -0.2) is 31.0 Å². The lowest BCUT2D eigenvalue weighted by molar-refractivity contribution is 0.0910. The molecule has 2 aromatic rings. The summed E-state index contributed by atoms with van der Waals surface area (Å²) in [6.45, 7) is 0. The number of aromatic hydroxyl groups is 1. The summed E-state index contributed by atoms with van der Waals surface area (Å²) < 4.78 is 1.73. The Morgan fingerprint density at radius 3 is 2.73 bits per heavy atom. The molecule has 0 bridgehead atoms. The summed E-state index contributed by atoms with van der Waals surface area (Å²) in [7, 11) is 0. The number of hydrogen-bond donors (Lipinski definition) is 3. The van der Waals surface area contributed by atoms with E-state index < -0.39 is 5.66 Å². The fraction of sp³-hybridized carbons (Fsp3) is 0.556. The zero-order valence-electron chi connectivity index (χ0n) is 14.6. The van der Waals surface area contributed by atoms with Crippen LogP contribution in [0.4, 0.5) is 0 Å². The van der Waals surface area contributed by atoms with Gasteiger partial charge in [-0.2, -0.15) is 0 Å². The van der Waals surface area contributed by atoms with Crippen LogP contribution in [0.25, 0.3) is 0 Å². The van der Waals surface area contributed by atoms with Gasteiger partial charge < -0.3 is 16.2 Å². The van der Waals surface area contributed by atoms with Crippen LogP contribution in [0.3, 0.4) is 0 Å². The normalized spacial score (nSPS) is 20.5.